The van der Waals surface area contributed by atoms with Crippen LogP contribution >= 0.6 is 0 Å². The van der Waals surface area contributed by atoms with E-state index in [2.05, 4.69) is 20.8 Å². The number of nitrogens with one attached hydrogen (secondary N) is 2. The van der Waals surface area contributed by atoms with Gasteiger partial charge in [-0.2, -0.15) is 0 Å². The van der Waals surface area contributed by atoms with Crippen molar-refractivity contribution in [3.8, 4) is 0 Å². The summed E-state index contributed by atoms with van der Waals surface area (Å²) in [6.45, 7) is 3.05. The highest BCUT2D eigenvalue weighted by Gasteiger charge is 2.16. The van der Waals surface area contributed by atoms with Crippen LogP contribution in [0.4, 0.5) is 4.79 Å². The van der Waals surface area contributed by atoms with Crippen LogP contribution in [0.15, 0.2) is 9.64 Å². The van der Waals surface area contributed by atoms with Gasteiger partial charge in [-0.15, -0.1) is 5.10 Å². The number of hydrogen-bond acceptors (Lipinski definition) is 6. The van der Waals surface area contributed by atoms with Gasteiger partial charge in [0.25, 0.3) is 0 Å². The molecule has 2 N–H and O–H groups in total. The zero-order valence-electron chi connectivity index (χ0n) is 11.0. The van der Waals surface area contributed by atoms with Crippen LogP contribution in [0.25, 0.3) is 0 Å². The first-order chi connectivity index (χ1) is 8.93. The molecule has 0 saturated heterocycles. The molecule has 0 bridgehead atoms. The average molecular weight is 290 g/mol. The van der Waals surface area contributed by atoms with Crippen molar-refractivity contribution in [1.82, 2.24) is 20.8 Å². The van der Waals surface area contributed by atoms with E-state index in [4.69, 9.17) is 4.42 Å². The summed E-state index contributed by atoms with van der Waals surface area (Å²) in [4.78, 5) is 11.2. The third kappa shape index (κ3) is 5.69. The van der Waals surface area contributed by atoms with Crippen LogP contribution in [0.1, 0.15) is 25.7 Å². The molecular weight excluding hydrogens is 272 g/mol. The number of aryl methyl sites for hydroxylation is 1. The van der Waals surface area contributed by atoms with E-state index in [-0.39, 0.29) is 17.1 Å². The molecule has 0 aliphatic carbocycles. The molecule has 8 nitrogen and oxygen atoms in total. The van der Waals surface area contributed by atoms with Crippen molar-refractivity contribution >= 4 is 15.9 Å². The lowest BCUT2D eigenvalue weighted by molar-refractivity contribution is 0.240. The fourth-order valence-corrected chi connectivity index (χ4v) is 1.67. The maximum atomic E-state index is 11.2. The van der Waals surface area contributed by atoms with Crippen molar-refractivity contribution in [1.29, 1.82) is 0 Å². The lowest BCUT2D eigenvalue weighted by Gasteiger charge is -2.05. The van der Waals surface area contributed by atoms with E-state index in [0.717, 1.165) is 12.7 Å². The number of amides is 2. The van der Waals surface area contributed by atoms with Crippen molar-refractivity contribution in [2.45, 2.75) is 31.4 Å². The molecule has 1 rings (SSSR count). The Hall–Kier alpha value is -1.64. The molecule has 0 atom stereocenters. The zero-order valence-corrected chi connectivity index (χ0v) is 11.8. The van der Waals surface area contributed by atoms with Crippen LogP contribution in [0, 0.1) is 0 Å². The predicted molar refractivity (Wildman–Crippen MR) is 67.4 cm³/mol. The van der Waals surface area contributed by atoms with E-state index >= 15 is 0 Å². The van der Waals surface area contributed by atoms with Gasteiger partial charge in [0.05, 0.1) is 0 Å². The molecule has 0 aliphatic heterocycles. The first-order valence-electron chi connectivity index (χ1n) is 5.97. The van der Waals surface area contributed by atoms with Gasteiger partial charge in [-0.3, -0.25) is 0 Å². The highest BCUT2D eigenvalue weighted by atomic mass is 32.2. The Morgan fingerprint density at radius 2 is 1.95 bits per heavy atom. The standard InChI is InChI=1S/C10H18N4O4S/c1-3-6-11-9(15)12-7-4-5-8-13-14-10(18-8)19(2,16)17/h3-7H2,1-2H3,(H2,11,12,15). The van der Waals surface area contributed by atoms with Gasteiger partial charge in [0, 0.05) is 25.8 Å². The molecule has 19 heavy (non-hydrogen) atoms. The predicted octanol–water partition coefficient (Wildman–Crippen LogP) is 0.115. The Labute approximate surface area is 111 Å². The Morgan fingerprint density at radius 3 is 2.53 bits per heavy atom. The molecule has 2 amide bonds. The number of carbonyl (C=O) groups is 1. The van der Waals surface area contributed by atoms with Crippen molar-refractivity contribution in [3.63, 3.8) is 0 Å². The molecule has 1 aromatic heterocycles. The summed E-state index contributed by atoms with van der Waals surface area (Å²) in [6, 6.07) is -0.218. The summed E-state index contributed by atoms with van der Waals surface area (Å²) in [5, 5.41) is 12.0. The van der Waals surface area contributed by atoms with E-state index in [0.29, 0.717) is 25.9 Å². The number of sulfone groups is 1. The molecule has 9 heteroatoms. The first kappa shape index (κ1) is 15.4. The molecule has 0 aromatic carbocycles. The van der Waals surface area contributed by atoms with E-state index in [1.165, 1.54) is 0 Å². The van der Waals surface area contributed by atoms with E-state index in [1.807, 2.05) is 6.92 Å². The fourth-order valence-electron chi connectivity index (χ4n) is 1.23. The van der Waals surface area contributed by atoms with Crippen molar-refractivity contribution < 1.29 is 17.6 Å². The Balaban J connectivity index is 2.27. The summed E-state index contributed by atoms with van der Waals surface area (Å²) >= 11 is 0. The van der Waals surface area contributed by atoms with Crippen LogP contribution in [0.5, 0.6) is 0 Å². The van der Waals surface area contributed by atoms with Gasteiger partial charge in [-0.25, -0.2) is 13.2 Å². The molecule has 0 spiro atoms. The van der Waals surface area contributed by atoms with Crippen LogP contribution in [0.3, 0.4) is 0 Å². The number of rotatable bonds is 7. The maximum Gasteiger partial charge on any atom is 0.335 e. The number of nitrogens with zero attached hydrogens (tertiary/aromatic N) is 2. The molecule has 0 unspecified atom stereocenters. The Kier molecular flexibility index (Phi) is 5.74. The normalized spacial score (nSPS) is 11.3. The van der Waals surface area contributed by atoms with Gasteiger partial charge in [-0.05, 0) is 12.8 Å². The summed E-state index contributed by atoms with van der Waals surface area (Å²) in [5.74, 6) is 0.246. The SMILES string of the molecule is CCCNC(=O)NCCCc1nnc(S(C)(=O)=O)o1. The lowest BCUT2D eigenvalue weighted by atomic mass is 10.3. The highest BCUT2D eigenvalue weighted by Crippen LogP contribution is 2.07. The van der Waals surface area contributed by atoms with E-state index < -0.39 is 9.84 Å². The van der Waals surface area contributed by atoms with Crippen LogP contribution in [0.2, 0.25) is 0 Å². The van der Waals surface area contributed by atoms with E-state index in [9.17, 15) is 13.2 Å². The van der Waals surface area contributed by atoms with Gasteiger partial charge in [0.2, 0.25) is 15.7 Å². The van der Waals surface area contributed by atoms with Crippen molar-refractivity contribution in [2.75, 3.05) is 19.3 Å². The quantitative estimate of drug-likeness (QED) is 0.689. The largest absolute Gasteiger partial charge is 0.413 e. The maximum absolute atomic E-state index is 11.2. The summed E-state index contributed by atoms with van der Waals surface area (Å²) in [7, 11) is -3.46. The molecule has 0 radical (unpaired) electrons. The number of carbonyl (C=O) groups excluding carboxylic acids is 1. The molecule has 0 aliphatic rings. The van der Waals surface area contributed by atoms with Crippen LogP contribution in [-0.2, 0) is 16.3 Å². The second kappa shape index (κ2) is 7.07. The second-order valence-corrected chi connectivity index (χ2v) is 5.91. The molecule has 108 valence electrons. The Morgan fingerprint density at radius 1 is 1.26 bits per heavy atom. The smallest absolute Gasteiger partial charge is 0.335 e. The third-order valence-electron chi connectivity index (χ3n) is 2.15. The van der Waals surface area contributed by atoms with Gasteiger partial charge < -0.3 is 15.1 Å². The van der Waals surface area contributed by atoms with Gasteiger partial charge >= 0.3 is 11.3 Å². The molecule has 0 fully saturated rings. The third-order valence-corrected chi connectivity index (χ3v) is 2.95. The van der Waals surface area contributed by atoms with Crippen molar-refractivity contribution in [2.24, 2.45) is 0 Å². The second-order valence-electron chi connectivity index (χ2n) is 4.02. The number of aromatic nitrogens is 2. The molecule has 1 aromatic rings. The molecule has 0 saturated carbocycles. The summed E-state index contributed by atoms with van der Waals surface area (Å²) in [6.07, 6.45) is 2.88. The van der Waals surface area contributed by atoms with E-state index in [1.54, 1.807) is 0 Å². The van der Waals surface area contributed by atoms with Crippen molar-refractivity contribution in [3.05, 3.63) is 5.89 Å². The highest BCUT2D eigenvalue weighted by molar-refractivity contribution is 7.90. The van der Waals surface area contributed by atoms with Crippen LogP contribution in [-0.4, -0.2) is 44.0 Å². The van der Waals surface area contributed by atoms with Gasteiger partial charge in [-0.1, -0.05) is 12.0 Å². The number of hydrogen-bond donors (Lipinski definition) is 2. The fraction of sp³-hybridized carbons (Fsp3) is 0.700. The zero-order chi connectivity index (χ0) is 14.3. The minimum Gasteiger partial charge on any atom is -0.413 e. The topological polar surface area (TPSA) is 114 Å². The molecule has 1 heterocycles. The minimum atomic E-state index is -3.46. The van der Waals surface area contributed by atoms with Gasteiger partial charge in [0.15, 0.2) is 0 Å². The Bertz CT molecular complexity index is 511. The van der Waals surface area contributed by atoms with Crippen LogP contribution < -0.4 is 10.6 Å². The number of urea groups is 1. The van der Waals surface area contributed by atoms with Gasteiger partial charge in [0.1, 0.15) is 0 Å². The summed E-state index contributed by atoms with van der Waals surface area (Å²) in [5.41, 5.74) is 0. The monoisotopic (exact) mass is 290 g/mol. The first-order valence-corrected chi connectivity index (χ1v) is 7.86. The minimum absolute atomic E-state index is 0.218. The molecular formula is C10H18N4O4S. The lowest BCUT2D eigenvalue weighted by Crippen LogP contribution is -2.36. The average Bonchev–Trinajstić information content (AvgIpc) is 2.80. The summed E-state index contributed by atoms with van der Waals surface area (Å²) < 4.78 is 27.2.